The molecule has 2 bridgehead atoms. The Balaban J connectivity index is 2.00. The molecule has 0 saturated carbocycles. The number of carboxylic acid groups (broad SMARTS) is 1. The Morgan fingerprint density at radius 1 is 1.47 bits per heavy atom. The maximum atomic E-state index is 11.4. The molecular formula is C13H24N2O2. The highest BCUT2D eigenvalue weighted by Gasteiger charge is 2.40. The van der Waals surface area contributed by atoms with Crippen molar-refractivity contribution in [1.29, 1.82) is 0 Å². The Kier molecular flexibility index (Phi) is 3.73. The van der Waals surface area contributed by atoms with Crippen molar-refractivity contribution >= 4 is 5.97 Å². The highest BCUT2D eigenvalue weighted by Crippen LogP contribution is 2.29. The molecule has 0 radical (unpaired) electrons. The van der Waals surface area contributed by atoms with Crippen molar-refractivity contribution in [2.75, 3.05) is 19.6 Å². The molecule has 4 heteroatoms. The van der Waals surface area contributed by atoms with Gasteiger partial charge in [0.1, 0.15) is 5.54 Å². The molecule has 2 N–H and O–H groups in total. The first-order valence-electron chi connectivity index (χ1n) is 6.78. The molecule has 2 aliphatic rings. The van der Waals surface area contributed by atoms with Crippen molar-refractivity contribution in [3.05, 3.63) is 0 Å². The van der Waals surface area contributed by atoms with Gasteiger partial charge < -0.3 is 10.0 Å². The lowest BCUT2D eigenvalue weighted by atomic mass is 9.88. The Labute approximate surface area is 103 Å². The smallest absolute Gasteiger partial charge is 0.323 e. The number of carbonyl (C=O) groups is 1. The van der Waals surface area contributed by atoms with Crippen LogP contribution < -0.4 is 5.32 Å². The molecule has 0 aliphatic carbocycles. The summed E-state index contributed by atoms with van der Waals surface area (Å²) >= 11 is 0. The van der Waals surface area contributed by atoms with Crippen LogP contribution in [0.5, 0.6) is 0 Å². The summed E-state index contributed by atoms with van der Waals surface area (Å²) in [4.78, 5) is 13.9. The summed E-state index contributed by atoms with van der Waals surface area (Å²) in [6.07, 6.45) is 3.92. The predicted octanol–water partition coefficient (Wildman–Crippen LogP) is 1.31. The first kappa shape index (κ1) is 12.8. The van der Waals surface area contributed by atoms with Crippen LogP contribution in [0.15, 0.2) is 0 Å². The number of piperidine rings is 1. The molecular weight excluding hydrogens is 216 g/mol. The van der Waals surface area contributed by atoms with E-state index < -0.39 is 11.5 Å². The van der Waals surface area contributed by atoms with Crippen LogP contribution in [0.1, 0.15) is 39.5 Å². The van der Waals surface area contributed by atoms with Crippen molar-refractivity contribution in [3.8, 4) is 0 Å². The topological polar surface area (TPSA) is 52.6 Å². The molecule has 0 spiro atoms. The summed E-state index contributed by atoms with van der Waals surface area (Å²) in [5.41, 5.74) is -0.746. The molecule has 2 aliphatic heterocycles. The summed E-state index contributed by atoms with van der Waals surface area (Å²) in [6, 6.07) is 0.390. The quantitative estimate of drug-likeness (QED) is 0.761. The number of rotatable bonds is 5. The Hall–Kier alpha value is -0.610. The number of hydrogen-bond donors (Lipinski definition) is 2. The van der Waals surface area contributed by atoms with Gasteiger partial charge in [0.15, 0.2) is 0 Å². The molecule has 0 aromatic heterocycles. The Bertz CT molecular complexity index is 295. The molecule has 4 atom stereocenters. The fourth-order valence-corrected chi connectivity index (χ4v) is 3.29. The van der Waals surface area contributed by atoms with Crippen molar-refractivity contribution in [1.82, 2.24) is 10.2 Å². The van der Waals surface area contributed by atoms with E-state index in [1.165, 1.54) is 13.0 Å². The van der Waals surface area contributed by atoms with E-state index in [9.17, 15) is 9.90 Å². The second-order valence-corrected chi connectivity index (χ2v) is 5.78. The van der Waals surface area contributed by atoms with Crippen LogP contribution in [0, 0.1) is 5.92 Å². The lowest BCUT2D eigenvalue weighted by Gasteiger charge is -2.37. The molecule has 2 saturated heterocycles. The zero-order chi connectivity index (χ0) is 12.5. The zero-order valence-corrected chi connectivity index (χ0v) is 10.9. The molecule has 2 rings (SSSR count). The van der Waals surface area contributed by atoms with Crippen LogP contribution in [0.25, 0.3) is 0 Å². The molecule has 0 aromatic carbocycles. The van der Waals surface area contributed by atoms with Crippen molar-refractivity contribution in [2.24, 2.45) is 5.92 Å². The van der Waals surface area contributed by atoms with Gasteiger partial charge in [-0.3, -0.25) is 10.1 Å². The third-order valence-corrected chi connectivity index (χ3v) is 4.36. The van der Waals surface area contributed by atoms with Gasteiger partial charge in [0.25, 0.3) is 0 Å². The first-order valence-corrected chi connectivity index (χ1v) is 6.78. The van der Waals surface area contributed by atoms with Gasteiger partial charge in [0.2, 0.25) is 0 Å². The highest BCUT2D eigenvalue weighted by molar-refractivity contribution is 5.78. The first-order chi connectivity index (χ1) is 8.05. The van der Waals surface area contributed by atoms with E-state index in [0.29, 0.717) is 18.4 Å². The van der Waals surface area contributed by atoms with Crippen LogP contribution in [-0.2, 0) is 4.79 Å². The van der Waals surface area contributed by atoms with Crippen molar-refractivity contribution in [3.63, 3.8) is 0 Å². The Morgan fingerprint density at radius 3 is 2.82 bits per heavy atom. The summed E-state index contributed by atoms with van der Waals surface area (Å²) in [5, 5.41) is 12.8. The second-order valence-electron chi connectivity index (χ2n) is 5.78. The SMILES string of the molecule is CCCC(C)(NC1CCN2CCC1C2)C(=O)O. The molecule has 0 amide bonds. The molecule has 17 heavy (non-hydrogen) atoms. The van der Waals surface area contributed by atoms with Crippen molar-refractivity contribution in [2.45, 2.75) is 51.1 Å². The minimum Gasteiger partial charge on any atom is -0.480 e. The standard InChI is InChI=1S/C13H24N2O2/c1-3-6-13(2,12(16)17)14-11-5-8-15-7-4-10(11)9-15/h10-11,14H,3-9H2,1-2H3,(H,16,17). The number of carboxylic acids is 1. The van der Waals surface area contributed by atoms with Gasteiger partial charge in [-0.15, -0.1) is 0 Å². The van der Waals surface area contributed by atoms with Crippen LogP contribution >= 0.6 is 0 Å². The second kappa shape index (κ2) is 4.94. The van der Waals surface area contributed by atoms with Crippen LogP contribution in [0.4, 0.5) is 0 Å². The van der Waals surface area contributed by atoms with E-state index in [0.717, 1.165) is 25.9 Å². The van der Waals surface area contributed by atoms with Crippen LogP contribution in [0.2, 0.25) is 0 Å². The van der Waals surface area contributed by atoms with Gasteiger partial charge in [-0.1, -0.05) is 13.3 Å². The molecule has 98 valence electrons. The molecule has 4 nitrogen and oxygen atoms in total. The monoisotopic (exact) mass is 240 g/mol. The average molecular weight is 240 g/mol. The van der Waals surface area contributed by atoms with E-state index in [1.54, 1.807) is 0 Å². The molecule has 2 fully saturated rings. The number of fused-ring (bicyclic) bond motifs is 2. The van der Waals surface area contributed by atoms with Gasteiger partial charge in [0, 0.05) is 12.6 Å². The predicted molar refractivity (Wildman–Crippen MR) is 67.0 cm³/mol. The van der Waals surface area contributed by atoms with Crippen molar-refractivity contribution < 1.29 is 9.90 Å². The van der Waals surface area contributed by atoms with Gasteiger partial charge >= 0.3 is 5.97 Å². The lowest BCUT2D eigenvalue weighted by Crippen LogP contribution is -2.57. The minimum absolute atomic E-state index is 0.390. The van der Waals surface area contributed by atoms with E-state index in [-0.39, 0.29) is 0 Å². The minimum atomic E-state index is -0.746. The van der Waals surface area contributed by atoms with Crippen LogP contribution in [-0.4, -0.2) is 47.2 Å². The lowest BCUT2D eigenvalue weighted by molar-refractivity contribution is -0.145. The fourth-order valence-electron chi connectivity index (χ4n) is 3.29. The number of hydrogen-bond acceptors (Lipinski definition) is 3. The summed E-state index contributed by atoms with van der Waals surface area (Å²) in [5.74, 6) is -0.0564. The average Bonchev–Trinajstić information content (AvgIpc) is 2.66. The number of nitrogens with zero attached hydrogens (tertiary/aromatic N) is 1. The largest absolute Gasteiger partial charge is 0.480 e. The molecule has 0 aromatic rings. The third-order valence-electron chi connectivity index (χ3n) is 4.36. The fraction of sp³-hybridized carbons (Fsp3) is 0.923. The van der Waals surface area contributed by atoms with E-state index in [1.807, 2.05) is 13.8 Å². The third kappa shape index (κ3) is 2.63. The highest BCUT2D eigenvalue weighted by atomic mass is 16.4. The molecule has 4 unspecified atom stereocenters. The zero-order valence-electron chi connectivity index (χ0n) is 10.9. The van der Waals surface area contributed by atoms with Crippen LogP contribution in [0.3, 0.4) is 0 Å². The summed E-state index contributed by atoms with van der Waals surface area (Å²) < 4.78 is 0. The maximum Gasteiger partial charge on any atom is 0.323 e. The van der Waals surface area contributed by atoms with Gasteiger partial charge in [-0.25, -0.2) is 0 Å². The Morgan fingerprint density at radius 2 is 2.18 bits per heavy atom. The van der Waals surface area contributed by atoms with Gasteiger partial charge in [-0.05, 0) is 45.2 Å². The van der Waals surface area contributed by atoms with E-state index >= 15 is 0 Å². The normalized spacial score (nSPS) is 35.5. The van der Waals surface area contributed by atoms with E-state index in [2.05, 4.69) is 10.2 Å². The maximum absolute atomic E-state index is 11.4. The van der Waals surface area contributed by atoms with E-state index in [4.69, 9.17) is 0 Å². The van der Waals surface area contributed by atoms with Gasteiger partial charge in [0.05, 0.1) is 0 Å². The summed E-state index contributed by atoms with van der Waals surface area (Å²) in [6.45, 7) is 7.34. The number of aliphatic carboxylic acids is 1. The molecule has 2 heterocycles. The number of nitrogens with one attached hydrogen (secondary N) is 1. The van der Waals surface area contributed by atoms with Gasteiger partial charge in [-0.2, -0.15) is 0 Å². The summed E-state index contributed by atoms with van der Waals surface area (Å²) in [7, 11) is 0.